The van der Waals surface area contributed by atoms with Gasteiger partial charge in [-0.3, -0.25) is 4.79 Å². The van der Waals surface area contributed by atoms with Crippen LogP contribution in [0.25, 0.3) is 0 Å². The SMILES string of the molecule is CCC(C)C(NC(=O)c1scnc1C(F)(F)F)C(=O)O. The van der Waals surface area contributed by atoms with Gasteiger partial charge in [0.2, 0.25) is 0 Å². The van der Waals surface area contributed by atoms with Crippen LogP contribution in [0.15, 0.2) is 5.51 Å². The normalized spacial score (nSPS) is 14.7. The van der Waals surface area contributed by atoms with Gasteiger partial charge in [-0.25, -0.2) is 9.78 Å². The lowest BCUT2D eigenvalue weighted by Crippen LogP contribution is -2.45. The van der Waals surface area contributed by atoms with Gasteiger partial charge in [-0.1, -0.05) is 20.3 Å². The number of rotatable bonds is 5. The molecule has 0 aromatic carbocycles. The summed E-state index contributed by atoms with van der Waals surface area (Å²) in [6, 6.07) is -1.24. The molecule has 0 bridgehead atoms. The smallest absolute Gasteiger partial charge is 0.434 e. The zero-order valence-corrected chi connectivity index (χ0v) is 11.5. The highest BCUT2D eigenvalue weighted by Crippen LogP contribution is 2.32. The molecule has 2 atom stereocenters. The average molecular weight is 310 g/mol. The predicted molar refractivity (Wildman–Crippen MR) is 65.5 cm³/mol. The van der Waals surface area contributed by atoms with Crippen molar-refractivity contribution in [3.63, 3.8) is 0 Å². The number of carboxylic acids is 1. The highest BCUT2D eigenvalue weighted by molar-refractivity contribution is 7.11. The number of aromatic nitrogens is 1. The van der Waals surface area contributed by atoms with Crippen molar-refractivity contribution >= 4 is 23.2 Å². The van der Waals surface area contributed by atoms with Crippen molar-refractivity contribution in [3.8, 4) is 0 Å². The second-order valence-electron chi connectivity index (χ2n) is 4.20. The number of carboxylic acid groups (broad SMARTS) is 1. The summed E-state index contributed by atoms with van der Waals surface area (Å²) in [6.45, 7) is 3.32. The number of hydrogen-bond donors (Lipinski definition) is 2. The fourth-order valence-electron chi connectivity index (χ4n) is 1.50. The highest BCUT2D eigenvalue weighted by Gasteiger charge is 2.39. The number of hydrogen-bond acceptors (Lipinski definition) is 4. The largest absolute Gasteiger partial charge is 0.480 e. The third-order valence-corrected chi connectivity index (χ3v) is 3.63. The van der Waals surface area contributed by atoms with Gasteiger partial charge >= 0.3 is 12.1 Å². The number of thiazole rings is 1. The lowest BCUT2D eigenvalue weighted by atomic mass is 9.99. The Labute approximate surface area is 116 Å². The second kappa shape index (κ2) is 6.21. The molecule has 20 heavy (non-hydrogen) atoms. The van der Waals surface area contributed by atoms with Gasteiger partial charge < -0.3 is 10.4 Å². The van der Waals surface area contributed by atoms with Crippen LogP contribution in [-0.2, 0) is 11.0 Å². The molecule has 1 amide bonds. The molecule has 0 aliphatic heterocycles. The third kappa shape index (κ3) is 3.69. The van der Waals surface area contributed by atoms with E-state index in [1.807, 2.05) is 0 Å². The summed E-state index contributed by atoms with van der Waals surface area (Å²) in [7, 11) is 0. The first-order chi connectivity index (χ1) is 9.18. The molecule has 1 aromatic heterocycles. The van der Waals surface area contributed by atoms with Crippen molar-refractivity contribution < 1.29 is 27.9 Å². The van der Waals surface area contributed by atoms with Crippen LogP contribution in [0.5, 0.6) is 0 Å². The van der Waals surface area contributed by atoms with Crippen molar-refractivity contribution in [2.24, 2.45) is 5.92 Å². The van der Waals surface area contributed by atoms with Gasteiger partial charge in [0.05, 0.1) is 5.51 Å². The molecule has 1 rings (SSSR count). The van der Waals surface area contributed by atoms with Crippen molar-refractivity contribution in [3.05, 3.63) is 16.1 Å². The second-order valence-corrected chi connectivity index (χ2v) is 5.06. The van der Waals surface area contributed by atoms with Gasteiger partial charge in [0.15, 0.2) is 5.69 Å². The quantitative estimate of drug-likeness (QED) is 0.875. The number of carbonyl (C=O) groups is 2. The summed E-state index contributed by atoms with van der Waals surface area (Å²) in [5.74, 6) is -2.77. The molecule has 112 valence electrons. The minimum absolute atomic E-state index is 0.404. The molecule has 9 heteroatoms. The number of aliphatic carboxylic acids is 1. The summed E-state index contributed by atoms with van der Waals surface area (Å²) in [5.41, 5.74) is -0.398. The Balaban J connectivity index is 2.96. The Bertz CT molecular complexity index is 501. The lowest BCUT2D eigenvalue weighted by Gasteiger charge is -2.20. The van der Waals surface area contributed by atoms with Gasteiger partial charge in [-0.2, -0.15) is 13.2 Å². The molecule has 2 N–H and O–H groups in total. The molecule has 1 aromatic rings. The highest BCUT2D eigenvalue weighted by atomic mass is 32.1. The van der Waals surface area contributed by atoms with Crippen LogP contribution in [0.1, 0.15) is 35.6 Å². The lowest BCUT2D eigenvalue weighted by molar-refractivity contribution is -0.141. The summed E-state index contributed by atoms with van der Waals surface area (Å²) in [5, 5.41) is 11.1. The van der Waals surface area contributed by atoms with E-state index in [0.29, 0.717) is 17.8 Å². The van der Waals surface area contributed by atoms with E-state index in [-0.39, 0.29) is 0 Å². The maximum atomic E-state index is 12.6. The summed E-state index contributed by atoms with van der Waals surface area (Å²) in [6.07, 6.45) is -4.28. The average Bonchev–Trinajstić information content (AvgIpc) is 2.83. The molecule has 2 unspecified atom stereocenters. The fourth-order valence-corrected chi connectivity index (χ4v) is 2.21. The number of carbonyl (C=O) groups excluding carboxylic acids is 1. The van der Waals surface area contributed by atoms with E-state index in [9.17, 15) is 22.8 Å². The maximum absolute atomic E-state index is 12.6. The van der Waals surface area contributed by atoms with E-state index < -0.39 is 40.6 Å². The van der Waals surface area contributed by atoms with E-state index in [1.165, 1.54) is 0 Å². The number of nitrogens with zero attached hydrogens (tertiary/aromatic N) is 1. The fraction of sp³-hybridized carbons (Fsp3) is 0.545. The van der Waals surface area contributed by atoms with Gasteiger partial charge in [0.25, 0.3) is 5.91 Å². The Morgan fingerprint density at radius 1 is 1.50 bits per heavy atom. The van der Waals surface area contributed by atoms with Crippen molar-refractivity contribution in [1.82, 2.24) is 10.3 Å². The monoisotopic (exact) mass is 310 g/mol. The Hall–Kier alpha value is -1.64. The van der Waals surface area contributed by atoms with Gasteiger partial charge in [-0.15, -0.1) is 11.3 Å². The van der Waals surface area contributed by atoms with E-state index in [1.54, 1.807) is 13.8 Å². The molecule has 0 aliphatic carbocycles. The Morgan fingerprint density at radius 3 is 2.55 bits per heavy atom. The maximum Gasteiger partial charge on any atom is 0.434 e. The first kappa shape index (κ1) is 16.4. The molecular weight excluding hydrogens is 297 g/mol. The van der Waals surface area contributed by atoms with Crippen LogP contribution in [0.2, 0.25) is 0 Å². The molecule has 0 saturated carbocycles. The number of amides is 1. The Morgan fingerprint density at radius 2 is 2.10 bits per heavy atom. The minimum atomic E-state index is -4.75. The first-order valence-corrected chi connectivity index (χ1v) is 6.60. The number of halogens is 3. The zero-order valence-electron chi connectivity index (χ0n) is 10.7. The Kier molecular flexibility index (Phi) is 5.09. The van der Waals surface area contributed by atoms with Gasteiger partial charge in [0.1, 0.15) is 10.9 Å². The third-order valence-electron chi connectivity index (χ3n) is 2.81. The number of nitrogens with one attached hydrogen (secondary N) is 1. The summed E-state index contributed by atoms with van der Waals surface area (Å²) < 4.78 is 37.8. The molecule has 5 nitrogen and oxygen atoms in total. The molecular formula is C11H13F3N2O3S. The van der Waals surface area contributed by atoms with Crippen LogP contribution in [0, 0.1) is 5.92 Å². The first-order valence-electron chi connectivity index (χ1n) is 5.72. The predicted octanol–water partition coefficient (Wildman–Crippen LogP) is 2.39. The van der Waals surface area contributed by atoms with Gasteiger partial charge in [-0.05, 0) is 5.92 Å². The van der Waals surface area contributed by atoms with E-state index in [0.717, 1.165) is 5.51 Å². The van der Waals surface area contributed by atoms with E-state index >= 15 is 0 Å². The molecule has 0 aliphatic rings. The molecule has 0 fully saturated rings. The standard InChI is InChI=1S/C11H13F3N2O3S/c1-3-5(2)6(10(18)19)16-9(17)7-8(11(12,13)14)15-4-20-7/h4-6H,3H2,1-2H3,(H,16,17)(H,18,19). The molecule has 0 saturated heterocycles. The van der Waals surface area contributed by atoms with E-state index in [4.69, 9.17) is 5.11 Å². The van der Waals surface area contributed by atoms with Crippen molar-refractivity contribution in [2.75, 3.05) is 0 Å². The summed E-state index contributed by atoms with van der Waals surface area (Å²) >= 11 is 0.521. The topological polar surface area (TPSA) is 79.3 Å². The molecule has 1 heterocycles. The number of alkyl halides is 3. The van der Waals surface area contributed by atoms with Gasteiger partial charge in [0, 0.05) is 0 Å². The van der Waals surface area contributed by atoms with Crippen LogP contribution in [0.4, 0.5) is 13.2 Å². The van der Waals surface area contributed by atoms with Crippen molar-refractivity contribution in [1.29, 1.82) is 0 Å². The van der Waals surface area contributed by atoms with Crippen LogP contribution >= 0.6 is 11.3 Å². The summed E-state index contributed by atoms with van der Waals surface area (Å²) in [4.78, 5) is 25.3. The van der Waals surface area contributed by atoms with Crippen LogP contribution < -0.4 is 5.32 Å². The molecule has 0 spiro atoms. The van der Waals surface area contributed by atoms with E-state index in [2.05, 4.69) is 10.3 Å². The van der Waals surface area contributed by atoms with Crippen LogP contribution in [0.3, 0.4) is 0 Å². The van der Waals surface area contributed by atoms with Crippen LogP contribution in [-0.4, -0.2) is 28.0 Å². The minimum Gasteiger partial charge on any atom is -0.480 e. The zero-order chi connectivity index (χ0) is 15.5. The molecule has 0 radical (unpaired) electrons. The van der Waals surface area contributed by atoms with Crippen molar-refractivity contribution in [2.45, 2.75) is 32.5 Å².